The first-order chi connectivity index (χ1) is 7.49. The number of hydrogen-bond acceptors (Lipinski definition) is 3. The predicted molar refractivity (Wildman–Crippen MR) is 53.9 cm³/mol. The van der Waals surface area contributed by atoms with Crippen LogP contribution < -0.4 is 11.3 Å². The summed E-state index contributed by atoms with van der Waals surface area (Å²) in [6.45, 7) is 0. The third-order valence-corrected chi connectivity index (χ3v) is 1.87. The third-order valence-electron chi connectivity index (χ3n) is 1.87. The van der Waals surface area contributed by atoms with Crippen LogP contribution in [0, 0.1) is 11.3 Å². The summed E-state index contributed by atoms with van der Waals surface area (Å²) in [6.07, 6.45) is -1.89. The van der Waals surface area contributed by atoms with Gasteiger partial charge in [-0.15, -0.1) is 0 Å². The predicted octanol–water partition coefficient (Wildman–Crippen LogP) is 2.53. The SMILES string of the molecule is N#CC=Cc1ccc(C(F)(F)F)cc1NN. The Kier molecular flexibility index (Phi) is 3.53. The number of nitriles is 1. The quantitative estimate of drug-likeness (QED) is 0.463. The number of hydrazine groups is 1. The molecule has 0 aromatic heterocycles. The molecule has 0 bridgehead atoms. The number of anilines is 1. The van der Waals surface area contributed by atoms with Crippen LogP contribution in [-0.4, -0.2) is 0 Å². The number of rotatable bonds is 2. The van der Waals surface area contributed by atoms with E-state index in [0.29, 0.717) is 5.56 Å². The van der Waals surface area contributed by atoms with Gasteiger partial charge >= 0.3 is 6.18 Å². The second-order valence-electron chi connectivity index (χ2n) is 2.91. The third kappa shape index (κ3) is 2.74. The van der Waals surface area contributed by atoms with Crippen LogP contribution in [-0.2, 0) is 6.18 Å². The number of benzene rings is 1. The van der Waals surface area contributed by atoms with Crippen LogP contribution in [0.4, 0.5) is 18.9 Å². The van der Waals surface area contributed by atoms with Crippen molar-refractivity contribution < 1.29 is 13.2 Å². The average molecular weight is 227 g/mol. The van der Waals surface area contributed by atoms with Gasteiger partial charge in [0.15, 0.2) is 0 Å². The lowest BCUT2D eigenvalue weighted by molar-refractivity contribution is -0.137. The van der Waals surface area contributed by atoms with Gasteiger partial charge in [-0.25, -0.2) is 0 Å². The molecule has 1 aromatic rings. The summed E-state index contributed by atoms with van der Waals surface area (Å²) < 4.78 is 37.0. The lowest BCUT2D eigenvalue weighted by Gasteiger charge is -2.10. The highest BCUT2D eigenvalue weighted by Gasteiger charge is 2.30. The molecule has 0 spiro atoms. The number of nitrogen functional groups attached to an aromatic ring is 1. The van der Waals surface area contributed by atoms with Crippen LogP contribution in [0.5, 0.6) is 0 Å². The van der Waals surface area contributed by atoms with E-state index >= 15 is 0 Å². The van der Waals surface area contributed by atoms with E-state index in [-0.39, 0.29) is 5.69 Å². The van der Waals surface area contributed by atoms with Gasteiger partial charge in [0.2, 0.25) is 0 Å². The van der Waals surface area contributed by atoms with Crippen LogP contribution >= 0.6 is 0 Å². The van der Waals surface area contributed by atoms with Crippen molar-refractivity contribution in [3.8, 4) is 6.07 Å². The average Bonchev–Trinajstić information content (AvgIpc) is 2.24. The molecule has 84 valence electrons. The molecule has 0 saturated heterocycles. The molecule has 0 radical (unpaired) electrons. The van der Waals surface area contributed by atoms with E-state index in [4.69, 9.17) is 11.1 Å². The van der Waals surface area contributed by atoms with E-state index in [1.807, 2.05) is 0 Å². The molecule has 16 heavy (non-hydrogen) atoms. The van der Waals surface area contributed by atoms with Crippen LogP contribution in [0.3, 0.4) is 0 Å². The number of alkyl halides is 3. The van der Waals surface area contributed by atoms with Gasteiger partial charge in [0.1, 0.15) is 0 Å². The number of allylic oxidation sites excluding steroid dienone is 1. The topological polar surface area (TPSA) is 61.8 Å². The standard InChI is InChI=1S/C10H8F3N3/c11-10(12,13)8-4-3-7(2-1-5-14)9(6-8)16-15/h1-4,6,16H,15H2. The van der Waals surface area contributed by atoms with Crippen molar-refractivity contribution in [1.29, 1.82) is 5.26 Å². The van der Waals surface area contributed by atoms with Gasteiger partial charge in [0.05, 0.1) is 17.3 Å². The van der Waals surface area contributed by atoms with E-state index in [9.17, 15) is 13.2 Å². The molecule has 0 amide bonds. The molecule has 0 fully saturated rings. The largest absolute Gasteiger partial charge is 0.416 e. The highest BCUT2D eigenvalue weighted by atomic mass is 19.4. The minimum atomic E-state index is -4.41. The lowest BCUT2D eigenvalue weighted by atomic mass is 10.1. The summed E-state index contributed by atoms with van der Waals surface area (Å²) in [5.74, 6) is 5.10. The first-order valence-electron chi connectivity index (χ1n) is 4.23. The van der Waals surface area contributed by atoms with Crippen molar-refractivity contribution in [3.05, 3.63) is 35.4 Å². The highest BCUT2D eigenvalue weighted by molar-refractivity contribution is 5.68. The van der Waals surface area contributed by atoms with Gasteiger partial charge < -0.3 is 5.43 Å². The second-order valence-corrected chi connectivity index (χ2v) is 2.91. The monoisotopic (exact) mass is 227 g/mol. The summed E-state index contributed by atoms with van der Waals surface area (Å²) in [5.41, 5.74) is 1.89. The number of nitrogens with zero attached hydrogens (tertiary/aromatic N) is 1. The first-order valence-corrected chi connectivity index (χ1v) is 4.23. The Morgan fingerprint density at radius 3 is 2.56 bits per heavy atom. The minimum absolute atomic E-state index is 0.112. The second kappa shape index (κ2) is 4.68. The van der Waals surface area contributed by atoms with Gasteiger partial charge in [-0.2, -0.15) is 18.4 Å². The van der Waals surface area contributed by atoms with Crippen LogP contribution in [0.15, 0.2) is 24.3 Å². The molecule has 0 unspecified atom stereocenters. The van der Waals surface area contributed by atoms with Crippen molar-refractivity contribution in [3.63, 3.8) is 0 Å². The molecule has 0 aliphatic carbocycles. The molecular formula is C10H8F3N3. The molecule has 0 aliphatic heterocycles. The first kappa shape index (κ1) is 12.1. The zero-order chi connectivity index (χ0) is 12.2. The van der Waals surface area contributed by atoms with Crippen molar-refractivity contribution in [1.82, 2.24) is 0 Å². The highest BCUT2D eigenvalue weighted by Crippen LogP contribution is 2.32. The summed E-state index contributed by atoms with van der Waals surface area (Å²) in [5, 5.41) is 8.31. The number of hydrogen-bond donors (Lipinski definition) is 2. The molecule has 3 nitrogen and oxygen atoms in total. The molecule has 0 aliphatic rings. The van der Waals surface area contributed by atoms with Crippen molar-refractivity contribution in [2.24, 2.45) is 5.84 Å². The Bertz CT molecular complexity index is 444. The maximum absolute atomic E-state index is 12.3. The fourth-order valence-corrected chi connectivity index (χ4v) is 1.13. The van der Waals surface area contributed by atoms with Crippen molar-refractivity contribution >= 4 is 11.8 Å². The van der Waals surface area contributed by atoms with E-state index in [1.54, 1.807) is 6.07 Å². The van der Waals surface area contributed by atoms with Gasteiger partial charge in [-0.1, -0.05) is 6.07 Å². The lowest BCUT2D eigenvalue weighted by Crippen LogP contribution is -2.11. The normalized spacial score (nSPS) is 11.4. The fourth-order valence-electron chi connectivity index (χ4n) is 1.13. The molecular weight excluding hydrogens is 219 g/mol. The zero-order valence-corrected chi connectivity index (χ0v) is 8.05. The molecule has 1 rings (SSSR count). The summed E-state index contributed by atoms with van der Waals surface area (Å²) >= 11 is 0. The molecule has 0 heterocycles. The number of nitrogens with one attached hydrogen (secondary N) is 1. The van der Waals surface area contributed by atoms with E-state index in [2.05, 4.69) is 5.43 Å². The van der Waals surface area contributed by atoms with Crippen LogP contribution in [0.2, 0.25) is 0 Å². The Morgan fingerprint density at radius 2 is 2.06 bits per heavy atom. The van der Waals surface area contributed by atoms with Gasteiger partial charge in [-0.05, 0) is 23.8 Å². The summed E-state index contributed by atoms with van der Waals surface area (Å²) in [4.78, 5) is 0. The maximum atomic E-state index is 12.3. The molecule has 1 aromatic carbocycles. The van der Waals surface area contributed by atoms with Crippen molar-refractivity contribution in [2.45, 2.75) is 6.18 Å². The molecule has 6 heteroatoms. The Morgan fingerprint density at radius 1 is 1.38 bits per heavy atom. The number of halogens is 3. The van der Waals surface area contributed by atoms with E-state index in [0.717, 1.165) is 18.2 Å². The van der Waals surface area contributed by atoms with E-state index < -0.39 is 11.7 Å². The zero-order valence-electron chi connectivity index (χ0n) is 8.05. The Balaban J connectivity index is 3.18. The minimum Gasteiger partial charge on any atom is -0.324 e. The van der Waals surface area contributed by atoms with E-state index in [1.165, 1.54) is 12.1 Å². The molecule has 3 N–H and O–H groups in total. The molecule has 0 atom stereocenters. The fraction of sp³-hybridized carbons (Fsp3) is 0.100. The Hall–Kier alpha value is -2.00. The summed E-state index contributed by atoms with van der Waals surface area (Å²) in [6, 6.07) is 4.80. The molecule has 0 saturated carbocycles. The summed E-state index contributed by atoms with van der Waals surface area (Å²) in [7, 11) is 0. The maximum Gasteiger partial charge on any atom is 0.416 e. The Labute approximate surface area is 90.0 Å². The van der Waals surface area contributed by atoms with Crippen LogP contribution in [0.1, 0.15) is 11.1 Å². The van der Waals surface area contributed by atoms with Gasteiger partial charge in [0, 0.05) is 6.08 Å². The van der Waals surface area contributed by atoms with Crippen LogP contribution in [0.25, 0.3) is 6.08 Å². The number of nitrogens with two attached hydrogens (primary N) is 1. The smallest absolute Gasteiger partial charge is 0.324 e. The van der Waals surface area contributed by atoms with Gasteiger partial charge in [-0.3, -0.25) is 5.84 Å². The van der Waals surface area contributed by atoms with Crippen molar-refractivity contribution in [2.75, 3.05) is 5.43 Å². The van der Waals surface area contributed by atoms with Gasteiger partial charge in [0.25, 0.3) is 0 Å².